The van der Waals surface area contributed by atoms with Crippen LogP contribution in [0.2, 0.25) is 0 Å². The van der Waals surface area contributed by atoms with Crippen LogP contribution in [0, 0.1) is 68.0 Å². The molecule has 326 valence electrons. The van der Waals surface area contributed by atoms with Crippen molar-refractivity contribution in [3.63, 3.8) is 0 Å². The SMILES string of the molecule is CC(C)C1=C2[C@H]3CC[C@@H]4[C@@]5(C)CC[C@H](OC(=O)[C@H]6C[C@@H](Cc7ccccc7)C6(C)C)C(C)(C)[C@@H]5CC[C@@]4(C)[C@]3(C)CC[C@@]2(NC(=O)C(C)(C)CCc2ccccn2)CC1=O. The number of hydrogen-bond donors (Lipinski definition) is 1. The maximum atomic E-state index is 14.4. The third-order valence-corrected chi connectivity index (χ3v) is 19.4. The van der Waals surface area contributed by atoms with Gasteiger partial charge in [-0.25, -0.2) is 0 Å². The van der Waals surface area contributed by atoms with E-state index in [1.54, 1.807) is 0 Å². The fourth-order valence-corrected chi connectivity index (χ4v) is 15.3. The normalized spacial score (nSPS) is 37.9. The Hall–Kier alpha value is -3.28. The lowest BCUT2D eigenvalue weighted by molar-refractivity contribution is -0.235. The largest absolute Gasteiger partial charge is 0.462 e. The molecule has 1 N–H and O–H groups in total. The van der Waals surface area contributed by atoms with Gasteiger partial charge in [-0.1, -0.05) is 113 Å². The molecular formula is C54H76N2O4. The molecule has 8 rings (SSSR count). The Bertz CT molecular complexity index is 2020. The number of hydrogen-bond acceptors (Lipinski definition) is 5. The summed E-state index contributed by atoms with van der Waals surface area (Å²) < 4.78 is 6.69. The molecule has 0 spiro atoms. The highest BCUT2D eigenvalue weighted by atomic mass is 16.5. The van der Waals surface area contributed by atoms with Gasteiger partial charge < -0.3 is 10.1 Å². The lowest BCUT2D eigenvalue weighted by Crippen LogP contribution is -2.67. The minimum Gasteiger partial charge on any atom is -0.462 e. The van der Waals surface area contributed by atoms with E-state index in [0.717, 1.165) is 81.9 Å². The number of aromatic nitrogens is 1. The molecule has 6 aliphatic rings. The summed E-state index contributed by atoms with van der Waals surface area (Å²) in [5, 5.41) is 3.66. The van der Waals surface area contributed by atoms with Gasteiger partial charge >= 0.3 is 5.97 Å². The first-order chi connectivity index (χ1) is 28.1. The highest BCUT2D eigenvalue weighted by Crippen LogP contribution is 2.76. The van der Waals surface area contributed by atoms with Crippen molar-refractivity contribution in [3.05, 3.63) is 77.1 Å². The minimum atomic E-state index is -0.606. The summed E-state index contributed by atoms with van der Waals surface area (Å²) in [5.41, 5.74) is 3.46. The molecule has 1 aromatic carbocycles. The number of nitrogens with zero attached hydrogens (tertiary/aromatic N) is 1. The van der Waals surface area contributed by atoms with Crippen LogP contribution >= 0.6 is 0 Å². The lowest BCUT2D eigenvalue weighted by Gasteiger charge is -2.72. The van der Waals surface area contributed by atoms with Gasteiger partial charge in [0.2, 0.25) is 5.91 Å². The van der Waals surface area contributed by atoms with Crippen LogP contribution in [0.25, 0.3) is 0 Å². The molecule has 1 amide bonds. The Labute approximate surface area is 362 Å². The average Bonchev–Trinajstić information content (AvgIpc) is 3.49. The number of amides is 1. The van der Waals surface area contributed by atoms with Gasteiger partial charge in [0.05, 0.1) is 11.5 Å². The number of carbonyl (C=O) groups is 3. The fraction of sp³-hybridized carbons (Fsp3) is 0.704. The van der Waals surface area contributed by atoms with Crippen molar-refractivity contribution in [2.45, 2.75) is 171 Å². The second-order valence-electron chi connectivity index (χ2n) is 23.7. The molecule has 0 bridgehead atoms. The summed E-state index contributed by atoms with van der Waals surface area (Å²) in [6.45, 7) is 25.6. The van der Waals surface area contributed by atoms with E-state index in [9.17, 15) is 14.4 Å². The zero-order valence-electron chi connectivity index (χ0n) is 39.0. The smallest absolute Gasteiger partial charge is 0.309 e. The van der Waals surface area contributed by atoms with Crippen molar-refractivity contribution in [2.24, 2.45) is 68.0 Å². The third kappa shape index (κ3) is 6.68. The quantitative estimate of drug-likeness (QED) is 0.241. The molecule has 2 aromatic rings. The first-order valence-corrected chi connectivity index (χ1v) is 23.9. The zero-order chi connectivity index (χ0) is 43.3. The number of ketones is 1. The van der Waals surface area contributed by atoms with Crippen LogP contribution in [0.15, 0.2) is 65.9 Å². The van der Waals surface area contributed by atoms with Gasteiger partial charge in [0.25, 0.3) is 0 Å². The maximum absolute atomic E-state index is 14.4. The van der Waals surface area contributed by atoms with E-state index in [1.165, 1.54) is 11.1 Å². The van der Waals surface area contributed by atoms with Crippen molar-refractivity contribution in [1.82, 2.24) is 10.3 Å². The van der Waals surface area contributed by atoms with E-state index < -0.39 is 11.0 Å². The second kappa shape index (κ2) is 14.9. The van der Waals surface area contributed by atoms with Crippen LogP contribution in [-0.2, 0) is 32.0 Å². The number of esters is 1. The number of rotatable bonds is 10. The summed E-state index contributed by atoms with van der Waals surface area (Å²) in [6, 6.07) is 16.7. The van der Waals surface area contributed by atoms with Gasteiger partial charge in [-0.3, -0.25) is 19.4 Å². The van der Waals surface area contributed by atoms with Crippen LogP contribution in [0.4, 0.5) is 0 Å². The van der Waals surface area contributed by atoms with Crippen molar-refractivity contribution in [3.8, 4) is 0 Å². The van der Waals surface area contributed by atoms with Crippen LogP contribution in [-0.4, -0.2) is 34.3 Å². The Morgan fingerprint density at radius 2 is 1.55 bits per heavy atom. The Morgan fingerprint density at radius 3 is 2.22 bits per heavy atom. The fourth-order valence-electron chi connectivity index (χ4n) is 15.3. The molecule has 5 saturated carbocycles. The van der Waals surface area contributed by atoms with Crippen molar-refractivity contribution in [1.29, 1.82) is 0 Å². The molecule has 5 fully saturated rings. The first kappa shape index (κ1) is 43.4. The molecule has 6 nitrogen and oxygen atoms in total. The Kier molecular flexibility index (Phi) is 10.8. The van der Waals surface area contributed by atoms with Crippen LogP contribution < -0.4 is 5.32 Å². The first-order valence-electron chi connectivity index (χ1n) is 23.9. The molecular weight excluding hydrogens is 741 g/mol. The number of allylic oxidation sites excluding steroid dienone is 1. The number of pyridine rings is 1. The minimum absolute atomic E-state index is 0.00622. The average molecular weight is 817 g/mol. The second-order valence-corrected chi connectivity index (χ2v) is 23.7. The van der Waals surface area contributed by atoms with Gasteiger partial charge in [-0.05, 0) is 157 Å². The number of nitrogens with one attached hydrogen (secondary N) is 1. The van der Waals surface area contributed by atoms with E-state index in [0.29, 0.717) is 30.6 Å². The summed E-state index contributed by atoms with van der Waals surface area (Å²) in [4.78, 5) is 47.2. The summed E-state index contributed by atoms with van der Waals surface area (Å²) in [7, 11) is 0. The summed E-state index contributed by atoms with van der Waals surface area (Å²) in [6.07, 6.45) is 13.8. The molecule has 1 aromatic heterocycles. The third-order valence-electron chi connectivity index (χ3n) is 19.4. The number of carbonyl (C=O) groups excluding carboxylic acids is 3. The topological polar surface area (TPSA) is 85.4 Å². The van der Waals surface area contributed by atoms with Crippen LogP contribution in [0.3, 0.4) is 0 Å². The number of ether oxygens (including phenoxy) is 1. The summed E-state index contributed by atoms with van der Waals surface area (Å²) >= 11 is 0. The van der Waals surface area contributed by atoms with Gasteiger partial charge in [0, 0.05) is 29.1 Å². The molecule has 0 unspecified atom stereocenters. The monoisotopic (exact) mass is 817 g/mol. The van der Waals surface area contributed by atoms with E-state index in [1.807, 2.05) is 24.4 Å². The van der Waals surface area contributed by atoms with Gasteiger partial charge in [-0.15, -0.1) is 0 Å². The van der Waals surface area contributed by atoms with Crippen LogP contribution in [0.5, 0.6) is 0 Å². The van der Waals surface area contributed by atoms with E-state index in [2.05, 4.69) is 117 Å². The lowest BCUT2D eigenvalue weighted by atomic mass is 9.33. The molecule has 0 radical (unpaired) electrons. The standard InChI is InChI=1S/C54H76N2O4/c1-34(2)44-40(57)33-54(56-47(59)48(3,4)25-22-37-19-15-16-30-55-37)29-28-52(10)38(45(44)54)20-21-42-51(9)26-24-43(50(7,8)41(51)23-27-53(42,52)11)60-46(58)39-32-36(49(39,5)6)31-35-17-13-12-14-18-35/h12-19,30,34,36,38-39,41-43H,20-29,31-33H2,1-11H3,(H,56,59)/t36-,38-,39-,41+,42-,43+,51+,52-,53-,54-/m1/s1. The predicted molar refractivity (Wildman–Crippen MR) is 240 cm³/mol. The van der Waals surface area contributed by atoms with Crippen molar-refractivity contribution >= 4 is 17.7 Å². The number of benzene rings is 1. The van der Waals surface area contributed by atoms with Gasteiger partial charge in [0.1, 0.15) is 6.10 Å². The van der Waals surface area contributed by atoms with E-state index in [-0.39, 0.29) is 68.6 Å². The van der Waals surface area contributed by atoms with Crippen LogP contribution in [0.1, 0.15) is 158 Å². The molecule has 0 saturated heterocycles. The van der Waals surface area contributed by atoms with E-state index in [4.69, 9.17) is 4.74 Å². The predicted octanol–water partition coefficient (Wildman–Crippen LogP) is 11.7. The van der Waals surface area contributed by atoms with Gasteiger partial charge in [0.15, 0.2) is 5.78 Å². The van der Waals surface area contributed by atoms with Crippen molar-refractivity contribution < 1.29 is 19.1 Å². The molecule has 0 aliphatic heterocycles. The van der Waals surface area contributed by atoms with E-state index >= 15 is 0 Å². The number of Topliss-reactive ketones (excluding diaryl/α,β-unsaturated/α-hetero) is 1. The molecule has 10 atom stereocenters. The number of fused-ring (bicyclic) bond motifs is 7. The Morgan fingerprint density at radius 1 is 0.833 bits per heavy atom. The summed E-state index contributed by atoms with van der Waals surface area (Å²) in [5.74, 6) is 2.13. The molecule has 6 aliphatic carbocycles. The highest BCUT2D eigenvalue weighted by molar-refractivity contribution is 6.02. The van der Waals surface area contributed by atoms with Gasteiger partial charge in [-0.2, -0.15) is 0 Å². The molecule has 60 heavy (non-hydrogen) atoms. The van der Waals surface area contributed by atoms with Crippen molar-refractivity contribution in [2.75, 3.05) is 0 Å². The zero-order valence-corrected chi connectivity index (χ0v) is 39.0. The Balaban J connectivity index is 1.00. The maximum Gasteiger partial charge on any atom is 0.309 e. The molecule has 1 heterocycles. The number of aryl methyl sites for hydroxylation is 1. The highest BCUT2D eigenvalue weighted by Gasteiger charge is 2.70. The molecule has 6 heteroatoms.